The monoisotopic (exact) mass is 278 g/mol. The molecule has 4 nitrogen and oxygen atoms in total. The molecular formula is C14H15ClN2O2. The summed E-state index contributed by atoms with van der Waals surface area (Å²) in [6.45, 7) is 4.30. The highest BCUT2D eigenvalue weighted by molar-refractivity contribution is 6.29. The zero-order chi connectivity index (χ0) is 13.8. The summed E-state index contributed by atoms with van der Waals surface area (Å²) in [5.74, 6) is -0.215. The van der Waals surface area contributed by atoms with Gasteiger partial charge in [0.1, 0.15) is 17.8 Å². The van der Waals surface area contributed by atoms with Crippen LogP contribution in [0.4, 0.5) is 5.69 Å². The number of amides is 1. The second kappa shape index (κ2) is 5.89. The Balaban J connectivity index is 2.40. The number of nitrogens with zero attached hydrogens (tertiary/aromatic N) is 2. The number of halogens is 1. The molecule has 0 spiro atoms. The molecule has 2 aromatic rings. The number of hydrogen-bond donors (Lipinski definition) is 0. The first-order valence-corrected chi connectivity index (χ1v) is 6.48. The van der Waals surface area contributed by atoms with E-state index in [4.69, 9.17) is 16.1 Å². The molecule has 1 aromatic carbocycles. The molecule has 5 heteroatoms. The molecule has 0 bridgehead atoms. The Bertz CT molecular complexity index is 547. The fourth-order valence-corrected chi connectivity index (χ4v) is 2.22. The van der Waals surface area contributed by atoms with E-state index in [0.717, 1.165) is 16.8 Å². The third-order valence-corrected chi connectivity index (χ3v) is 3.16. The third-order valence-electron chi connectivity index (χ3n) is 2.94. The van der Waals surface area contributed by atoms with Crippen LogP contribution in [0.3, 0.4) is 0 Å². The van der Waals surface area contributed by atoms with E-state index in [1.165, 1.54) is 6.26 Å². The van der Waals surface area contributed by atoms with Crippen LogP contribution >= 0.6 is 11.6 Å². The number of carbonyl (C=O) groups excluding carboxylic acids is 1. The van der Waals surface area contributed by atoms with Crippen LogP contribution in [0.5, 0.6) is 0 Å². The molecule has 100 valence electrons. The zero-order valence-electron chi connectivity index (χ0n) is 10.9. The van der Waals surface area contributed by atoms with E-state index in [1.54, 1.807) is 11.0 Å². The van der Waals surface area contributed by atoms with Crippen molar-refractivity contribution in [2.24, 2.45) is 0 Å². The molecule has 0 saturated carbocycles. The van der Waals surface area contributed by atoms with Crippen LogP contribution in [-0.4, -0.2) is 16.9 Å². The largest absolute Gasteiger partial charge is 0.364 e. The summed E-state index contributed by atoms with van der Waals surface area (Å²) >= 11 is 5.71. The van der Waals surface area contributed by atoms with Crippen molar-refractivity contribution >= 4 is 23.2 Å². The summed E-state index contributed by atoms with van der Waals surface area (Å²) in [5.41, 5.74) is 3.64. The lowest BCUT2D eigenvalue weighted by Gasteiger charge is -2.24. The standard InChI is InChI=1S/C14H15ClN2O2/c1-10-4-3-5-11(2)14(10)17(13(18)8-15)9-12-6-7-19-16-12/h3-7H,8-9H2,1-2H3. The first kappa shape index (κ1) is 13.6. The Kier molecular flexibility index (Phi) is 4.22. The van der Waals surface area contributed by atoms with Crippen molar-refractivity contribution in [3.63, 3.8) is 0 Å². The van der Waals surface area contributed by atoms with Crippen LogP contribution in [0.15, 0.2) is 35.1 Å². The molecule has 1 amide bonds. The molecule has 19 heavy (non-hydrogen) atoms. The van der Waals surface area contributed by atoms with E-state index in [1.807, 2.05) is 32.0 Å². The molecular weight excluding hydrogens is 264 g/mol. The predicted octanol–water partition coefficient (Wildman–Crippen LogP) is 3.06. The van der Waals surface area contributed by atoms with E-state index < -0.39 is 0 Å². The number of aromatic nitrogens is 1. The van der Waals surface area contributed by atoms with Gasteiger partial charge < -0.3 is 9.42 Å². The van der Waals surface area contributed by atoms with Crippen LogP contribution in [-0.2, 0) is 11.3 Å². The Hall–Kier alpha value is -1.81. The van der Waals surface area contributed by atoms with Gasteiger partial charge in [-0.15, -0.1) is 11.6 Å². The highest BCUT2D eigenvalue weighted by Gasteiger charge is 2.19. The van der Waals surface area contributed by atoms with Gasteiger partial charge in [0.25, 0.3) is 0 Å². The number of carbonyl (C=O) groups is 1. The van der Waals surface area contributed by atoms with Crippen molar-refractivity contribution in [1.82, 2.24) is 5.16 Å². The number of para-hydroxylation sites is 1. The summed E-state index contributed by atoms with van der Waals surface area (Å²) in [7, 11) is 0. The molecule has 0 aliphatic carbocycles. The number of anilines is 1. The van der Waals surface area contributed by atoms with Gasteiger partial charge in [0, 0.05) is 11.8 Å². The minimum atomic E-state index is -0.151. The lowest BCUT2D eigenvalue weighted by molar-refractivity contribution is -0.116. The number of alkyl halides is 1. The predicted molar refractivity (Wildman–Crippen MR) is 74.3 cm³/mol. The number of hydrogen-bond acceptors (Lipinski definition) is 3. The fourth-order valence-electron chi connectivity index (χ4n) is 2.08. The zero-order valence-corrected chi connectivity index (χ0v) is 11.6. The Morgan fingerprint density at radius 1 is 1.32 bits per heavy atom. The molecule has 2 rings (SSSR count). The summed E-state index contributed by atoms with van der Waals surface area (Å²) in [6.07, 6.45) is 1.49. The van der Waals surface area contributed by atoms with Gasteiger partial charge in [-0.3, -0.25) is 4.79 Å². The van der Waals surface area contributed by atoms with Crippen molar-refractivity contribution in [3.8, 4) is 0 Å². The van der Waals surface area contributed by atoms with Gasteiger partial charge in [-0.05, 0) is 25.0 Å². The number of benzene rings is 1. The van der Waals surface area contributed by atoms with Crippen molar-refractivity contribution in [1.29, 1.82) is 0 Å². The average molecular weight is 279 g/mol. The molecule has 0 unspecified atom stereocenters. The molecule has 0 aliphatic rings. The lowest BCUT2D eigenvalue weighted by atomic mass is 10.1. The molecule has 0 atom stereocenters. The van der Waals surface area contributed by atoms with E-state index in [0.29, 0.717) is 12.2 Å². The quantitative estimate of drug-likeness (QED) is 0.808. The molecule has 1 heterocycles. The molecule has 1 aromatic heterocycles. The highest BCUT2D eigenvalue weighted by atomic mass is 35.5. The SMILES string of the molecule is Cc1cccc(C)c1N(Cc1ccon1)C(=O)CCl. The molecule has 0 saturated heterocycles. The maximum Gasteiger partial charge on any atom is 0.242 e. The van der Waals surface area contributed by atoms with Crippen molar-refractivity contribution in [2.75, 3.05) is 10.8 Å². The van der Waals surface area contributed by atoms with Gasteiger partial charge in [-0.25, -0.2) is 0 Å². The van der Waals surface area contributed by atoms with Gasteiger partial charge in [-0.1, -0.05) is 23.4 Å². The van der Waals surface area contributed by atoms with Gasteiger partial charge in [-0.2, -0.15) is 0 Å². The normalized spacial score (nSPS) is 10.5. The fraction of sp³-hybridized carbons (Fsp3) is 0.286. The van der Waals surface area contributed by atoms with Crippen molar-refractivity contribution in [3.05, 3.63) is 47.3 Å². The van der Waals surface area contributed by atoms with E-state index in [2.05, 4.69) is 5.16 Å². The van der Waals surface area contributed by atoms with E-state index in [-0.39, 0.29) is 11.8 Å². The lowest BCUT2D eigenvalue weighted by Crippen LogP contribution is -2.32. The summed E-state index contributed by atoms with van der Waals surface area (Å²) in [4.78, 5) is 13.7. The van der Waals surface area contributed by atoms with Gasteiger partial charge in [0.15, 0.2) is 0 Å². The maximum atomic E-state index is 12.1. The summed E-state index contributed by atoms with van der Waals surface area (Å²) in [6, 6.07) is 7.65. The van der Waals surface area contributed by atoms with E-state index in [9.17, 15) is 4.79 Å². The molecule has 0 fully saturated rings. The van der Waals surface area contributed by atoms with Crippen LogP contribution < -0.4 is 4.90 Å². The van der Waals surface area contributed by atoms with Gasteiger partial charge >= 0.3 is 0 Å². The summed E-state index contributed by atoms with van der Waals surface area (Å²) in [5, 5.41) is 3.85. The van der Waals surface area contributed by atoms with Crippen LogP contribution in [0.1, 0.15) is 16.8 Å². The van der Waals surface area contributed by atoms with Crippen LogP contribution in [0, 0.1) is 13.8 Å². The minimum absolute atomic E-state index is 0.0639. The first-order valence-electron chi connectivity index (χ1n) is 5.95. The second-order valence-corrected chi connectivity index (χ2v) is 4.61. The smallest absolute Gasteiger partial charge is 0.242 e. The van der Waals surface area contributed by atoms with Crippen molar-refractivity contribution < 1.29 is 9.32 Å². The minimum Gasteiger partial charge on any atom is -0.364 e. The first-order chi connectivity index (χ1) is 9.13. The van der Waals surface area contributed by atoms with Gasteiger partial charge in [0.2, 0.25) is 5.91 Å². The van der Waals surface area contributed by atoms with E-state index >= 15 is 0 Å². The third kappa shape index (κ3) is 2.96. The molecule has 0 radical (unpaired) electrons. The molecule has 0 aliphatic heterocycles. The number of aryl methyl sites for hydroxylation is 2. The highest BCUT2D eigenvalue weighted by Crippen LogP contribution is 2.26. The summed E-state index contributed by atoms with van der Waals surface area (Å²) < 4.78 is 4.80. The maximum absolute atomic E-state index is 12.1. The Labute approximate surface area is 117 Å². The van der Waals surface area contributed by atoms with Crippen molar-refractivity contribution in [2.45, 2.75) is 20.4 Å². The van der Waals surface area contributed by atoms with Gasteiger partial charge in [0.05, 0.1) is 6.54 Å². The Morgan fingerprint density at radius 2 is 2.00 bits per heavy atom. The Morgan fingerprint density at radius 3 is 2.53 bits per heavy atom. The molecule has 0 N–H and O–H groups in total. The number of rotatable bonds is 4. The van der Waals surface area contributed by atoms with Crippen LogP contribution in [0.2, 0.25) is 0 Å². The second-order valence-electron chi connectivity index (χ2n) is 4.34. The van der Waals surface area contributed by atoms with Crippen LogP contribution in [0.25, 0.3) is 0 Å². The average Bonchev–Trinajstić information content (AvgIpc) is 2.89. The topological polar surface area (TPSA) is 46.3 Å².